The van der Waals surface area contributed by atoms with Gasteiger partial charge in [0.1, 0.15) is 0 Å². The molecule has 3 nitrogen and oxygen atoms in total. The minimum absolute atomic E-state index is 0.110. The number of likely N-dealkylation sites (tertiary alicyclic amines) is 1. The minimum Gasteiger partial charge on any atom is -0.342 e. The molecule has 0 spiro atoms. The molecule has 0 aromatic heterocycles. The SMILES string of the molecule is CC1(C)CCN(C(=O)C2CCCC2N)C1. The maximum absolute atomic E-state index is 12.2. The maximum atomic E-state index is 12.2. The molecule has 0 aromatic carbocycles. The summed E-state index contributed by atoms with van der Waals surface area (Å²) in [5, 5.41) is 0. The number of hydrogen-bond acceptors (Lipinski definition) is 2. The van der Waals surface area contributed by atoms with Crippen LogP contribution in [-0.2, 0) is 4.79 Å². The molecular weight excluding hydrogens is 188 g/mol. The van der Waals surface area contributed by atoms with Gasteiger partial charge in [-0.25, -0.2) is 0 Å². The normalized spacial score (nSPS) is 34.7. The Hall–Kier alpha value is -0.570. The molecule has 0 radical (unpaired) electrons. The number of carbonyl (C=O) groups is 1. The van der Waals surface area contributed by atoms with Crippen LogP contribution in [0.5, 0.6) is 0 Å². The van der Waals surface area contributed by atoms with Crippen molar-refractivity contribution in [1.29, 1.82) is 0 Å². The van der Waals surface area contributed by atoms with Crippen molar-refractivity contribution in [3.05, 3.63) is 0 Å². The summed E-state index contributed by atoms with van der Waals surface area (Å²) in [5.41, 5.74) is 6.27. The predicted octanol–water partition coefficient (Wildman–Crippen LogP) is 1.37. The smallest absolute Gasteiger partial charge is 0.227 e. The van der Waals surface area contributed by atoms with Gasteiger partial charge in [0, 0.05) is 19.1 Å². The lowest BCUT2D eigenvalue weighted by molar-refractivity contribution is -0.135. The van der Waals surface area contributed by atoms with E-state index < -0.39 is 0 Å². The van der Waals surface area contributed by atoms with Gasteiger partial charge in [0.15, 0.2) is 0 Å². The highest BCUT2D eigenvalue weighted by Gasteiger charge is 2.38. The first kappa shape index (κ1) is 10.9. The summed E-state index contributed by atoms with van der Waals surface area (Å²) in [6, 6.07) is 0.112. The summed E-state index contributed by atoms with van der Waals surface area (Å²) in [6.45, 7) is 6.30. The highest BCUT2D eigenvalue weighted by molar-refractivity contribution is 5.80. The lowest BCUT2D eigenvalue weighted by Gasteiger charge is -2.24. The first-order valence-corrected chi connectivity index (χ1v) is 6.04. The molecule has 1 aliphatic carbocycles. The molecule has 3 heteroatoms. The van der Waals surface area contributed by atoms with Crippen LogP contribution in [0.1, 0.15) is 39.5 Å². The quantitative estimate of drug-likeness (QED) is 0.710. The molecule has 1 heterocycles. The van der Waals surface area contributed by atoms with Crippen molar-refractivity contribution >= 4 is 5.91 Å². The standard InChI is InChI=1S/C12H22N2O/c1-12(2)6-7-14(8-12)11(15)9-4-3-5-10(9)13/h9-10H,3-8,13H2,1-2H3. The molecule has 2 aliphatic rings. The molecule has 15 heavy (non-hydrogen) atoms. The Morgan fingerprint density at radius 2 is 2.13 bits per heavy atom. The first-order valence-electron chi connectivity index (χ1n) is 6.04. The van der Waals surface area contributed by atoms with E-state index >= 15 is 0 Å². The van der Waals surface area contributed by atoms with E-state index in [9.17, 15) is 4.79 Å². The van der Waals surface area contributed by atoms with Crippen LogP contribution in [0.4, 0.5) is 0 Å². The zero-order valence-corrected chi connectivity index (χ0v) is 9.83. The number of nitrogens with zero attached hydrogens (tertiary/aromatic N) is 1. The van der Waals surface area contributed by atoms with Crippen molar-refractivity contribution in [2.75, 3.05) is 13.1 Å². The summed E-state index contributed by atoms with van der Waals surface area (Å²) in [4.78, 5) is 14.2. The fourth-order valence-corrected chi connectivity index (χ4v) is 2.83. The summed E-state index contributed by atoms with van der Waals surface area (Å²) in [6.07, 6.45) is 4.26. The highest BCUT2D eigenvalue weighted by atomic mass is 16.2. The van der Waals surface area contributed by atoms with Crippen molar-refractivity contribution in [1.82, 2.24) is 4.90 Å². The average Bonchev–Trinajstić information content (AvgIpc) is 2.71. The zero-order chi connectivity index (χ0) is 11.1. The Balaban J connectivity index is 1.97. The molecule has 2 rings (SSSR count). The molecule has 1 saturated carbocycles. The van der Waals surface area contributed by atoms with Crippen molar-refractivity contribution in [3.8, 4) is 0 Å². The van der Waals surface area contributed by atoms with Gasteiger partial charge in [-0.2, -0.15) is 0 Å². The van der Waals surface area contributed by atoms with Crippen LogP contribution in [0.15, 0.2) is 0 Å². The Morgan fingerprint density at radius 3 is 2.60 bits per heavy atom. The van der Waals surface area contributed by atoms with E-state index in [0.29, 0.717) is 11.3 Å². The zero-order valence-electron chi connectivity index (χ0n) is 9.83. The molecule has 1 amide bonds. The largest absolute Gasteiger partial charge is 0.342 e. The fraction of sp³-hybridized carbons (Fsp3) is 0.917. The van der Waals surface area contributed by atoms with Gasteiger partial charge in [0.25, 0.3) is 0 Å². The third-order valence-electron chi connectivity index (χ3n) is 3.88. The molecule has 0 aromatic rings. The topological polar surface area (TPSA) is 46.3 Å². The second-order valence-corrected chi connectivity index (χ2v) is 5.88. The number of hydrogen-bond donors (Lipinski definition) is 1. The van der Waals surface area contributed by atoms with Crippen molar-refractivity contribution in [3.63, 3.8) is 0 Å². The van der Waals surface area contributed by atoms with Crippen LogP contribution >= 0.6 is 0 Å². The van der Waals surface area contributed by atoms with E-state index in [1.165, 1.54) is 0 Å². The van der Waals surface area contributed by atoms with Crippen molar-refractivity contribution < 1.29 is 4.79 Å². The predicted molar refractivity (Wildman–Crippen MR) is 60.3 cm³/mol. The molecule has 1 saturated heterocycles. The van der Waals surface area contributed by atoms with Gasteiger partial charge in [0.05, 0.1) is 5.92 Å². The van der Waals surface area contributed by atoms with Gasteiger partial charge < -0.3 is 10.6 Å². The van der Waals surface area contributed by atoms with E-state index in [2.05, 4.69) is 13.8 Å². The van der Waals surface area contributed by atoms with E-state index in [4.69, 9.17) is 5.73 Å². The molecule has 0 bridgehead atoms. The minimum atomic E-state index is 0.110. The van der Waals surface area contributed by atoms with Gasteiger partial charge >= 0.3 is 0 Å². The van der Waals surface area contributed by atoms with Crippen LogP contribution < -0.4 is 5.73 Å². The number of amides is 1. The van der Waals surface area contributed by atoms with Gasteiger partial charge in [0.2, 0.25) is 5.91 Å². The summed E-state index contributed by atoms with van der Waals surface area (Å²) in [7, 11) is 0. The average molecular weight is 210 g/mol. The third kappa shape index (κ3) is 2.17. The number of rotatable bonds is 1. The Labute approximate surface area is 92.0 Å². The molecule has 1 aliphatic heterocycles. The molecule has 86 valence electrons. The van der Waals surface area contributed by atoms with E-state index in [0.717, 1.165) is 38.8 Å². The summed E-state index contributed by atoms with van der Waals surface area (Å²) >= 11 is 0. The van der Waals surface area contributed by atoms with Crippen LogP contribution in [0.25, 0.3) is 0 Å². The van der Waals surface area contributed by atoms with Crippen LogP contribution in [0.2, 0.25) is 0 Å². The maximum Gasteiger partial charge on any atom is 0.227 e. The molecule has 2 fully saturated rings. The van der Waals surface area contributed by atoms with E-state index in [-0.39, 0.29) is 12.0 Å². The summed E-state index contributed by atoms with van der Waals surface area (Å²) < 4.78 is 0. The molecular formula is C12H22N2O. The third-order valence-corrected chi connectivity index (χ3v) is 3.88. The second-order valence-electron chi connectivity index (χ2n) is 5.88. The lowest BCUT2D eigenvalue weighted by Crippen LogP contribution is -2.41. The van der Waals surface area contributed by atoms with Gasteiger partial charge in [-0.3, -0.25) is 4.79 Å². The first-order chi connectivity index (χ1) is 6.99. The molecule has 2 N–H and O–H groups in total. The van der Waals surface area contributed by atoms with Crippen molar-refractivity contribution in [2.45, 2.75) is 45.6 Å². The number of carbonyl (C=O) groups excluding carboxylic acids is 1. The molecule has 2 atom stereocenters. The van der Waals surface area contributed by atoms with E-state index in [1.54, 1.807) is 0 Å². The van der Waals surface area contributed by atoms with Gasteiger partial charge in [-0.1, -0.05) is 20.3 Å². The Kier molecular flexibility index (Phi) is 2.75. The van der Waals surface area contributed by atoms with Gasteiger partial charge in [-0.15, -0.1) is 0 Å². The van der Waals surface area contributed by atoms with Crippen molar-refractivity contribution in [2.24, 2.45) is 17.1 Å². The lowest BCUT2D eigenvalue weighted by atomic mass is 9.93. The van der Waals surface area contributed by atoms with Crippen LogP contribution in [0, 0.1) is 11.3 Å². The van der Waals surface area contributed by atoms with Crippen LogP contribution in [-0.4, -0.2) is 29.9 Å². The Morgan fingerprint density at radius 1 is 1.40 bits per heavy atom. The number of nitrogens with two attached hydrogens (primary N) is 1. The second kappa shape index (κ2) is 3.78. The summed E-state index contributed by atoms with van der Waals surface area (Å²) in [5.74, 6) is 0.421. The van der Waals surface area contributed by atoms with Crippen LogP contribution in [0.3, 0.4) is 0 Å². The monoisotopic (exact) mass is 210 g/mol. The Bertz CT molecular complexity index is 262. The molecule has 2 unspecified atom stereocenters. The van der Waals surface area contributed by atoms with Gasteiger partial charge in [-0.05, 0) is 24.7 Å². The fourth-order valence-electron chi connectivity index (χ4n) is 2.83. The van der Waals surface area contributed by atoms with E-state index in [1.807, 2.05) is 4.90 Å². The highest BCUT2D eigenvalue weighted by Crippen LogP contribution is 2.32.